The highest BCUT2D eigenvalue weighted by Crippen LogP contribution is 2.29. The van der Waals surface area contributed by atoms with Gasteiger partial charge in [0.2, 0.25) is 0 Å². The Balaban J connectivity index is 2.04. The zero-order valence-corrected chi connectivity index (χ0v) is 20.3. The van der Waals surface area contributed by atoms with Crippen molar-refractivity contribution in [1.82, 2.24) is 25.3 Å². The van der Waals surface area contributed by atoms with Crippen LogP contribution in [0, 0.1) is 0 Å². The van der Waals surface area contributed by atoms with E-state index >= 15 is 0 Å². The maximum atomic E-state index is 6.00. The summed E-state index contributed by atoms with van der Waals surface area (Å²) in [4.78, 5) is 7.46. The van der Waals surface area contributed by atoms with Crippen molar-refractivity contribution >= 4 is 17.3 Å². The molecule has 6 heteroatoms. The molecule has 2 fully saturated rings. The van der Waals surface area contributed by atoms with E-state index in [1.54, 1.807) is 0 Å². The molecule has 2 rings (SSSR count). The zero-order chi connectivity index (χ0) is 20.9. The quantitative estimate of drug-likeness (QED) is 0.627. The Bertz CT molecular complexity index is 479. The van der Waals surface area contributed by atoms with Gasteiger partial charge in [0.25, 0.3) is 0 Å². The first-order valence-corrected chi connectivity index (χ1v) is 11.7. The predicted octanol–water partition coefficient (Wildman–Crippen LogP) is 2.91. The van der Waals surface area contributed by atoms with Crippen LogP contribution >= 0.6 is 12.2 Å². The van der Waals surface area contributed by atoms with Gasteiger partial charge in [0.1, 0.15) is 0 Å². The van der Waals surface area contributed by atoms with Crippen LogP contribution in [0.5, 0.6) is 0 Å². The third-order valence-electron chi connectivity index (χ3n) is 6.46. The lowest BCUT2D eigenvalue weighted by molar-refractivity contribution is 0.143. The maximum absolute atomic E-state index is 6.00. The van der Waals surface area contributed by atoms with Crippen molar-refractivity contribution in [2.24, 2.45) is 0 Å². The molecular formula is C22H45N5S. The third kappa shape index (κ3) is 7.12. The highest BCUT2D eigenvalue weighted by atomic mass is 32.1. The fourth-order valence-corrected chi connectivity index (χ4v) is 5.63. The molecule has 0 amide bonds. The first-order chi connectivity index (χ1) is 13.0. The van der Waals surface area contributed by atoms with Crippen LogP contribution in [0.2, 0.25) is 0 Å². The highest BCUT2D eigenvalue weighted by molar-refractivity contribution is 7.80. The molecule has 0 radical (unpaired) electrons. The summed E-state index contributed by atoms with van der Waals surface area (Å²) in [5.74, 6) is 0. The fourth-order valence-electron chi connectivity index (χ4n) is 5.23. The number of nitrogens with zero attached hydrogens (tertiary/aromatic N) is 3. The first-order valence-electron chi connectivity index (χ1n) is 11.3. The van der Waals surface area contributed by atoms with Crippen LogP contribution in [0.15, 0.2) is 0 Å². The predicted molar refractivity (Wildman–Crippen MR) is 125 cm³/mol. The van der Waals surface area contributed by atoms with Crippen molar-refractivity contribution in [3.8, 4) is 0 Å². The number of nitrogens with one attached hydrogen (secondary N) is 2. The van der Waals surface area contributed by atoms with Gasteiger partial charge in [0.05, 0.1) is 0 Å². The van der Waals surface area contributed by atoms with Crippen molar-refractivity contribution < 1.29 is 0 Å². The molecule has 0 aromatic rings. The largest absolute Gasteiger partial charge is 0.360 e. The number of likely N-dealkylation sites (tertiary alicyclic amines) is 1. The molecule has 2 N–H and O–H groups in total. The Hall–Kier alpha value is -0.430. The zero-order valence-electron chi connectivity index (χ0n) is 19.5. The van der Waals surface area contributed by atoms with Gasteiger partial charge in [0, 0.05) is 36.3 Å². The van der Waals surface area contributed by atoms with E-state index in [1.807, 2.05) is 0 Å². The molecule has 164 valence electrons. The van der Waals surface area contributed by atoms with Crippen LogP contribution in [-0.2, 0) is 0 Å². The number of likely N-dealkylation sites (N-methyl/N-ethyl adjacent to an activating group) is 1. The van der Waals surface area contributed by atoms with E-state index in [0.29, 0.717) is 12.1 Å². The van der Waals surface area contributed by atoms with Gasteiger partial charge in [-0.2, -0.15) is 0 Å². The highest BCUT2D eigenvalue weighted by Gasteiger charge is 2.38. The molecule has 0 aromatic heterocycles. The van der Waals surface area contributed by atoms with Crippen LogP contribution in [0.3, 0.4) is 0 Å². The molecular weight excluding hydrogens is 366 g/mol. The summed E-state index contributed by atoms with van der Waals surface area (Å²) in [6.07, 6.45) is 4.63. The van der Waals surface area contributed by atoms with Gasteiger partial charge in [-0.25, -0.2) is 0 Å². The molecule has 0 spiro atoms. The molecule has 0 atom stereocenters. The SMILES string of the molecule is CCN(CC)CCN(C(=S)NC1CC(C)(C)NC(C)(C)C1)C1CCN(C)CC1. The second-order valence-corrected chi connectivity index (χ2v) is 10.6. The normalized spacial score (nSPS) is 23.7. The maximum Gasteiger partial charge on any atom is 0.169 e. The molecule has 28 heavy (non-hydrogen) atoms. The average Bonchev–Trinajstić information content (AvgIpc) is 2.57. The van der Waals surface area contributed by atoms with E-state index in [1.165, 1.54) is 25.9 Å². The van der Waals surface area contributed by atoms with Crippen molar-refractivity contribution in [3.63, 3.8) is 0 Å². The number of hydrogen-bond donors (Lipinski definition) is 2. The summed E-state index contributed by atoms with van der Waals surface area (Å²) in [6, 6.07) is 0.996. The van der Waals surface area contributed by atoms with Crippen molar-refractivity contribution in [2.45, 2.75) is 90.4 Å². The Labute approximate surface area is 179 Å². The molecule has 0 bridgehead atoms. The van der Waals surface area contributed by atoms with E-state index < -0.39 is 0 Å². The van der Waals surface area contributed by atoms with Gasteiger partial charge in [0.15, 0.2) is 5.11 Å². The standard InChI is InChI=1S/C22H45N5S/c1-8-26(9-2)14-15-27(19-10-12-25(7)13-11-19)20(28)23-18-16-21(3,4)24-22(5,6)17-18/h18-19,24H,8-17H2,1-7H3,(H,23,28). The summed E-state index contributed by atoms with van der Waals surface area (Å²) in [5, 5.41) is 8.54. The number of piperidine rings is 2. The Morgan fingerprint density at radius 3 is 2.07 bits per heavy atom. The smallest absolute Gasteiger partial charge is 0.169 e. The number of hydrogen-bond acceptors (Lipinski definition) is 4. The average molecular weight is 412 g/mol. The lowest BCUT2D eigenvalue weighted by atomic mass is 9.80. The van der Waals surface area contributed by atoms with Crippen LogP contribution in [0.4, 0.5) is 0 Å². The molecule has 0 aromatic carbocycles. The van der Waals surface area contributed by atoms with Gasteiger partial charge in [-0.3, -0.25) is 0 Å². The summed E-state index contributed by atoms with van der Waals surface area (Å²) >= 11 is 6.00. The van der Waals surface area contributed by atoms with Crippen molar-refractivity contribution in [3.05, 3.63) is 0 Å². The number of thiocarbonyl (C=S) groups is 1. The van der Waals surface area contributed by atoms with E-state index in [0.717, 1.165) is 44.1 Å². The van der Waals surface area contributed by atoms with Crippen molar-refractivity contribution in [1.29, 1.82) is 0 Å². The van der Waals surface area contributed by atoms with Crippen LogP contribution in [-0.4, -0.2) is 89.3 Å². The van der Waals surface area contributed by atoms with Gasteiger partial charge in [-0.05, 0) is 98.8 Å². The van der Waals surface area contributed by atoms with E-state index in [9.17, 15) is 0 Å². The minimum atomic E-state index is 0.134. The molecule has 5 nitrogen and oxygen atoms in total. The lowest BCUT2D eigenvalue weighted by Gasteiger charge is -2.48. The van der Waals surface area contributed by atoms with Crippen LogP contribution in [0.1, 0.15) is 67.2 Å². The van der Waals surface area contributed by atoms with Crippen LogP contribution < -0.4 is 10.6 Å². The van der Waals surface area contributed by atoms with E-state index in [-0.39, 0.29) is 11.1 Å². The summed E-state index contributed by atoms with van der Waals surface area (Å²) in [6.45, 7) is 20.4. The minimum absolute atomic E-state index is 0.134. The van der Waals surface area contributed by atoms with Crippen LogP contribution in [0.25, 0.3) is 0 Å². The number of rotatable bonds is 7. The topological polar surface area (TPSA) is 33.8 Å². The van der Waals surface area contributed by atoms with E-state index in [2.05, 4.69) is 73.9 Å². The minimum Gasteiger partial charge on any atom is -0.360 e. The molecule has 2 aliphatic heterocycles. The van der Waals surface area contributed by atoms with Crippen molar-refractivity contribution in [2.75, 3.05) is 46.3 Å². The molecule has 0 aliphatic carbocycles. The fraction of sp³-hybridized carbons (Fsp3) is 0.955. The van der Waals surface area contributed by atoms with E-state index in [4.69, 9.17) is 12.2 Å². The summed E-state index contributed by atoms with van der Waals surface area (Å²) < 4.78 is 0. The second kappa shape index (κ2) is 10.1. The van der Waals surface area contributed by atoms with Gasteiger partial charge in [-0.1, -0.05) is 13.8 Å². The molecule has 2 heterocycles. The molecule has 0 saturated carbocycles. The monoisotopic (exact) mass is 411 g/mol. The lowest BCUT2D eigenvalue weighted by Crippen LogP contribution is -2.63. The first kappa shape index (κ1) is 23.8. The molecule has 0 unspecified atom stereocenters. The van der Waals surface area contributed by atoms with Gasteiger partial charge < -0.3 is 25.3 Å². The molecule has 2 saturated heterocycles. The Morgan fingerprint density at radius 2 is 1.57 bits per heavy atom. The van der Waals surface area contributed by atoms with Gasteiger partial charge >= 0.3 is 0 Å². The third-order valence-corrected chi connectivity index (χ3v) is 6.81. The molecule has 2 aliphatic rings. The Kier molecular flexibility index (Phi) is 8.56. The summed E-state index contributed by atoms with van der Waals surface area (Å²) in [5.41, 5.74) is 0.267. The second-order valence-electron chi connectivity index (χ2n) is 10.2. The Morgan fingerprint density at radius 1 is 1.04 bits per heavy atom. The van der Waals surface area contributed by atoms with Gasteiger partial charge in [-0.15, -0.1) is 0 Å². The summed E-state index contributed by atoms with van der Waals surface area (Å²) in [7, 11) is 2.23.